The fourth-order valence-corrected chi connectivity index (χ4v) is 4.03. The van der Waals surface area contributed by atoms with Crippen molar-refractivity contribution >= 4 is 23.5 Å². The van der Waals surface area contributed by atoms with Crippen LogP contribution in [0.4, 0.5) is 0 Å². The van der Waals surface area contributed by atoms with Gasteiger partial charge in [-0.3, -0.25) is 0 Å². The van der Waals surface area contributed by atoms with Gasteiger partial charge in [0.25, 0.3) is 0 Å². The fourth-order valence-electron chi connectivity index (χ4n) is 2.31. The molecule has 0 unspecified atom stereocenters. The molecule has 0 atom stereocenters. The monoisotopic (exact) mass is 385 g/mol. The van der Waals surface area contributed by atoms with E-state index >= 15 is 0 Å². The smallest absolute Gasteiger partial charge is 0.190 e. The Morgan fingerprint density at radius 2 is 1.73 bits per heavy atom. The number of thioether (sulfide) groups is 2. The van der Waals surface area contributed by atoms with Crippen LogP contribution in [0.1, 0.15) is 17.8 Å². The molecule has 3 rings (SSSR count). The summed E-state index contributed by atoms with van der Waals surface area (Å²) >= 11 is 3.51. The van der Waals surface area contributed by atoms with Gasteiger partial charge in [0, 0.05) is 17.7 Å². The number of hydrogen-bond donors (Lipinski definition) is 0. The van der Waals surface area contributed by atoms with Crippen molar-refractivity contribution < 1.29 is 4.74 Å². The first-order valence-corrected chi connectivity index (χ1v) is 10.6. The van der Waals surface area contributed by atoms with E-state index in [1.165, 1.54) is 10.5 Å². The van der Waals surface area contributed by atoms with Gasteiger partial charge >= 0.3 is 0 Å². The maximum atomic E-state index is 5.72. The third-order valence-corrected chi connectivity index (χ3v) is 5.96. The van der Waals surface area contributed by atoms with E-state index in [0.717, 1.165) is 34.7 Å². The van der Waals surface area contributed by atoms with Crippen molar-refractivity contribution in [3.8, 4) is 5.75 Å². The largest absolute Gasteiger partial charge is 0.494 e. The maximum Gasteiger partial charge on any atom is 0.190 e. The number of para-hydroxylation sites is 1. The van der Waals surface area contributed by atoms with Gasteiger partial charge < -0.3 is 9.30 Å². The summed E-state index contributed by atoms with van der Waals surface area (Å²) in [6, 6.07) is 18.5. The quantitative estimate of drug-likeness (QED) is 0.384. The average molecular weight is 386 g/mol. The van der Waals surface area contributed by atoms with E-state index in [1.807, 2.05) is 37.4 Å². The molecule has 4 nitrogen and oxygen atoms in total. The maximum absolute atomic E-state index is 5.72. The topological polar surface area (TPSA) is 39.9 Å². The second-order valence-electron chi connectivity index (χ2n) is 5.92. The van der Waals surface area contributed by atoms with Crippen LogP contribution in [-0.2, 0) is 12.8 Å². The number of hydrogen-bond acceptors (Lipinski definition) is 5. The highest BCUT2D eigenvalue weighted by atomic mass is 32.2. The van der Waals surface area contributed by atoms with Crippen molar-refractivity contribution in [1.29, 1.82) is 0 Å². The summed E-state index contributed by atoms with van der Waals surface area (Å²) in [6.07, 6.45) is 0.972. The molecule has 0 amide bonds. The highest BCUT2D eigenvalue weighted by Crippen LogP contribution is 2.24. The number of benzene rings is 2. The van der Waals surface area contributed by atoms with Gasteiger partial charge in [0.2, 0.25) is 0 Å². The lowest BCUT2D eigenvalue weighted by Gasteiger charge is -2.06. The summed E-state index contributed by atoms with van der Waals surface area (Å²) in [5, 5.41) is 9.62. The molecule has 0 radical (unpaired) electrons. The van der Waals surface area contributed by atoms with Crippen LogP contribution in [0.3, 0.4) is 0 Å². The van der Waals surface area contributed by atoms with E-state index in [9.17, 15) is 0 Å². The number of ether oxygens (including phenoxy) is 1. The predicted molar refractivity (Wildman–Crippen MR) is 109 cm³/mol. The fraction of sp³-hybridized carbons (Fsp3) is 0.300. The Bertz CT molecular complexity index is 804. The third-order valence-electron chi connectivity index (χ3n) is 3.85. The lowest BCUT2D eigenvalue weighted by Crippen LogP contribution is -2.00. The molecular formula is C20H23N3OS2. The van der Waals surface area contributed by atoms with Crippen molar-refractivity contribution in [1.82, 2.24) is 14.8 Å². The molecule has 0 fully saturated rings. The van der Waals surface area contributed by atoms with Gasteiger partial charge in [0.05, 0.1) is 12.4 Å². The summed E-state index contributed by atoms with van der Waals surface area (Å²) < 4.78 is 7.80. The highest BCUT2D eigenvalue weighted by molar-refractivity contribution is 7.99. The first-order valence-electron chi connectivity index (χ1n) is 8.61. The lowest BCUT2D eigenvalue weighted by molar-refractivity contribution is 0.318. The molecule has 3 aromatic rings. The molecule has 0 aliphatic carbocycles. The summed E-state index contributed by atoms with van der Waals surface area (Å²) in [7, 11) is 2.04. The van der Waals surface area contributed by atoms with Crippen molar-refractivity contribution in [2.24, 2.45) is 7.05 Å². The Balaban J connectivity index is 1.41. The standard InChI is InChI=1S/C20H23N3OS2/c1-16-9-11-18(12-10-16)26-15-19-21-22-20(23(19)2)25-14-6-13-24-17-7-4-3-5-8-17/h3-5,7-12H,6,13-15H2,1-2H3. The third kappa shape index (κ3) is 5.54. The van der Waals surface area contributed by atoms with Crippen LogP contribution >= 0.6 is 23.5 Å². The molecule has 2 aromatic carbocycles. The van der Waals surface area contributed by atoms with E-state index in [0.29, 0.717) is 6.61 Å². The zero-order chi connectivity index (χ0) is 18.2. The number of rotatable bonds is 9. The van der Waals surface area contributed by atoms with E-state index < -0.39 is 0 Å². The molecule has 0 saturated heterocycles. The zero-order valence-corrected chi connectivity index (χ0v) is 16.7. The number of nitrogens with zero attached hydrogens (tertiary/aromatic N) is 3. The van der Waals surface area contributed by atoms with Crippen molar-refractivity contribution in [3.63, 3.8) is 0 Å². The van der Waals surface area contributed by atoms with Crippen LogP contribution in [0.5, 0.6) is 5.75 Å². The Kier molecular flexibility index (Phi) is 7.03. The van der Waals surface area contributed by atoms with Crippen LogP contribution in [0.2, 0.25) is 0 Å². The van der Waals surface area contributed by atoms with Gasteiger partial charge in [-0.1, -0.05) is 47.7 Å². The van der Waals surface area contributed by atoms with E-state index in [2.05, 4.69) is 46.0 Å². The Morgan fingerprint density at radius 1 is 0.962 bits per heavy atom. The average Bonchev–Trinajstić information content (AvgIpc) is 3.02. The summed E-state index contributed by atoms with van der Waals surface area (Å²) in [6.45, 7) is 2.82. The molecule has 0 N–H and O–H groups in total. The Labute approximate surface area is 163 Å². The van der Waals surface area contributed by atoms with Crippen LogP contribution in [0.25, 0.3) is 0 Å². The second kappa shape index (κ2) is 9.69. The molecule has 1 aromatic heterocycles. The highest BCUT2D eigenvalue weighted by Gasteiger charge is 2.09. The van der Waals surface area contributed by atoms with Crippen LogP contribution in [-0.4, -0.2) is 27.1 Å². The number of aromatic nitrogens is 3. The molecule has 0 aliphatic heterocycles. The Morgan fingerprint density at radius 3 is 2.50 bits per heavy atom. The number of aryl methyl sites for hydroxylation is 1. The van der Waals surface area contributed by atoms with Gasteiger partial charge in [-0.25, -0.2) is 0 Å². The van der Waals surface area contributed by atoms with Crippen molar-refractivity contribution in [2.75, 3.05) is 12.4 Å². The van der Waals surface area contributed by atoms with Crippen molar-refractivity contribution in [3.05, 3.63) is 66.0 Å². The van der Waals surface area contributed by atoms with Crippen LogP contribution in [0, 0.1) is 6.92 Å². The molecule has 26 heavy (non-hydrogen) atoms. The first kappa shape index (κ1) is 18.9. The van der Waals surface area contributed by atoms with Crippen LogP contribution < -0.4 is 4.74 Å². The SMILES string of the molecule is Cc1ccc(SCc2nnc(SCCCOc3ccccc3)n2C)cc1. The van der Waals surface area contributed by atoms with Gasteiger partial charge in [-0.2, -0.15) is 0 Å². The van der Waals surface area contributed by atoms with E-state index in [4.69, 9.17) is 4.74 Å². The van der Waals surface area contributed by atoms with Gasteiger partial charge in [0.1, 0.15) is 11.6 Å². The zero-order valence-electron chi connectivity index (χ0n) is 15.1. The molecular weight excluding hydrogens is 362 g/mol. The minimum absolute atomic E-state index is 0.713. The van der Waals surface area contributed by atoms with Gasteiger partial charge in [0.15, 0.2) is 5.16 Å². The van der Waals surface area contributed by atoms with E-state index in [1.54, 1.807) is 23.5 Å². The predicted octanol–water partition coefficient (Wildman–Crippen LogP) is 4.98. The summed E-state index contributed by atoms with van der Waals surface area (Å²) in [5.41, 5.74) is 1.28. The Hall–Kier alpha value is -1.92. The molecule has 1 heterocycles. The first-order chi connectivity index (χ1) is 12.7. The summed E-state index contributed by atoms with van der Waals surface area (Å²) in [4.78, 5) is 1.26. The van der Waals surface area contributed by atoms with Gasteiger partial charge in [-0.15, -0.1) is 22.0 Å². The second-order valence-corrected chi connectivity index (χ2v) is 8.03. The van der Waals surface area contributed by atoms with Gasteiger partial charge in [-0.05, 0) is 37.6 Å². The minimum atomic E-state index is 0.713. The summed E-state index contributed by atoms with van der Waals surface area (Å²) in [5.74, 6) is 3.71. The van der Waals surface area contributed by atoms with E-state index in [-0.39, 0.29) is 0 Å². The molecule has 0 bridgehead atoms. The minimum Gasteiger partial charge on any atom is -0.494 e. The molecule has 0 saturated carbocycles. The van der Waals surface area contributed by atoms with Crippen molar-refractivity contribution in [2.45, 2.75) is 29.1 Å². The van der Waals surface area contributed by atoms with Crippen LogP contribution in [0.15, 0.2) is 64.6 Å². The molecule has 0 aliphatic rings. The molecule has 6 heteroatoms. The molecule has 136 valence electrons. The molecule has 0 spiro atoms. The normalized spacial score (nSPS) is 10.8. The lowest BCUT2D eigenvalue weighted by atomic mass is 10.2.